The Hall–Kier alpha value is -2.45. The fraction of sp³-hybridized carbons (Fsp3) is 0.375. The number of hydrogen-bond donors (Lipinski definition) is 3. The quantitative estimate of drug-likeness (QED) is 0.391. The highest BCUT2D eigenvalue weighted by molar-refractivity contribution is 9.10. The van der Waals surface area contributed by atoms with E-state index in [0.29, 0.717) is 23.1 Å². The van der Waals surface area contributed by atoms with Crippen molar-refractivity contribution in [3.8, 4) is 0 Å². The Morgan fingerprint density at radius 2 is 1.75 bits per heavy atom. The van der Waals surface area contributed by atoms with E-state index in [-0.39, 0.29) is 0 Å². The number of rotatable bonds is 5. The van der Waals surface area contributed by atoms with Crippen molar-refractivity contribution in [3.05, 3.63) is 52.5 Å². The second-order valence-corrected chi connectivity index (χ2v) is 9.86. The van der Waals surface area contributed by atoms with E-state index < -0.39 is 0 Å². The number of fused-ring (bicyclic) bond motifs is 1. The molecule has 0 amide bonds. The highest BCUT2D eigenvalue weighted by atomic mass is 79.9. The highest BCUT2D eigenvalue weighted by Crippen LogP contribution is 2.26. The van der Waals surface area contributed by atoms with Crippen LogP contribution in [0.25, 0.3) is 10.9 Å². The van der Waals surface area contributed by atoms with Crippen LogP contribution < -0.4 is 20.9 Å². The summed E-state index contributed by atoms with van der Waals surface area (Å²) in [6.07, 6.45) is 4.19. The molecule has 1 aromatic heterocycles. The molecule has 0 unspecified atom stereocenters. The average Bonchev–Trinajstić information content (AvgIpc) is 2.76. The van der Waals surface area contributed by atoms with E-state index in [2.05, 4.69) is 50.9 Å². The number of hydrogen-bond acceptors (Lipinski definition) is 5. The molecule has 0 spiro atoms. The maximum Gasteiger partial charge on any atom is 0.225 e. The van der Waals surface area contributed by atoms with Crippen molar-refractivity contribution in [2.45, 2.75) is 44.7 Å². The van der Waals surface area contributed by atoms with Crippen molar-refractivity contribution in [1.29, 1.82) is 0 Å². The number of thiocarbonyl (C=S) groups is 1. The molecule has 1 fully saturated rings. The largest absolute Gasteiger partial charge is 0.362 e. The zero-order valence-corrected chi connectivity index (χ0v) is 21.1. The predicted octanol–water partition coefficient (Wildman–Crippen LogP) is 5.48. The lowest BCUT2D eigenvalue weighted by Gasteiger charge is -2.30. The van der Waals surface area contributed by atoms with E-state index in [1.165, 1.54) is 0 Å². The van der Waals surface area contributed by atoms with E-state index >= 15 is 0 Å². The molecule has 168 valence electrons. The van der Waals surface area contributed by atoms with Gasteiger partial charge in [0.05, 0.1) is 5.52 Å². The van der Waals surface area contributed by atoms with E-state index in [9.17, 15) is 0 Å². The lowest BCUT2D eigenvalue weighted by molar-refractivity contribution is 0.387. The van der Waals surface area contributed by atoms with Gasteiger partial charge in [0, 0.05) is 41.7 Å². The normalized spacial score (nSPS) is 18.2. The predicted molar refractivity (Wildman–Crippen MR) is 142 cm³/mol. The first-order valence-electron chi connectivity index (χ1n) is 10.9. The maximum atomic E-state index is 5.55. The summed E-state index contributed by atoms with van der Waals surface area (Å²) in [5.41, 5.74) is 3.15. The number of halogens is 1. The topological polar surface area (TPSA) is 65.1 Å². The number of para-hydroxylation sites is 1. The molecular weight excluding hydrogens is 484 g/mol. The first-order chi connectivity index (χ1) is 15.4. The van der Waals surface area contributed by atoms with Gasteiger partial charge in [-0.1, -0.05) is 28.1 Å². The molecule has 6 nitrogen and oxygen atoms in total. The van der Waals surface area contributed by atoms with Crippen LogP contribution in [0.1, 0.15) is 31.2 Å². The summed E-state index contributed by atoms with van der Waals surface area (Å²) in [4.78, 5) is 11.6. The van der Waals surface area contributed by atoms with Gasteiger partial charge in [0.25, 0.3) is 0 Å². The van der Waals surface area contributed by atoms with Gasteiger partial charge < -0.3 is 20.9 Å². The summed E-state index contributed by atoms with van der Waals surface area (Å²) in [5.74, 6) is 1.64. The van der Waals surface area contributed by atoms with Crippen molar-refractivity contribution >= 4 is 61.6 Å². The van der Waals surface area contributed by atoms with Gasteiger partial charge in [-0.3, -0.25) is 0 Å². The lowest BCUT2D eigenvalue weighted by Crippen LogP contribution is -2.42. The van der Waals surface area contributed by atoms with Gasteiger partial charge in [0.15, 0.2) is 5.11 Å². The van der Waals surface area contributed by atoms with Gasteiger partial charge in [-0.05, 0) is 80.7 Å². The van der Waals surface area contributed by atoms with E-state index in [0.717, 1.165) is 58.1 Å². The Bertz CT molecular complexity index is 1110. The number of benzene rings is 2. The van der Waals surface area contributed by atoms with Crippen LogP contribution in [0.5, 0.6) is 0 Å². The third kappa shape index (κ3) is 5.48. The Morgan fingerprint density at radius 3 is 2.47 bits per heavy atom. The number of anilines is 3. The monoisotopic (exact) mass is 512 g/mol. The zero-order valence-electron chi connectivity index (χ0n) is 18.7. The lowest BCUT2D eigenvalue weighted by atomic mass is 9.91. The molecule has 1 aliphatic carbocycles. The van der Waals surface area contributed by atoms with Crippen molar-refractivity contribution < 1.29 is 0 Å². The van der Waals surface area contributed by atoms with Crippen molar-refractivity contribution in [3.63, 3.8) is 0 Å². The molecule has 4 rings (SSSR count). The molecule has 0 saturated heterocycles. The molecule has 0 bridgehead atoms. The van der Waals surface area contributed by atoms with Crippen LogP contribution in [-0.4, -0.2) is 41.3 Å². The van der Waals surface area contributed by atoms with Crippen LogP contribution in [0.15, 0.2) is 46.9 Å². The highest BCUT2D eigenvalue weighted by Gasteiger charge is 2.23. The van der Waals surface area contributed by atoms with E-state index in [1.54, 1.807) is 0 Å². The average molecular weight is 514 g/mol. The number of aromatic nitrogens is 2. The van der Waals surface area contributed by atoms with Gasteiger partial charge in [-0.25, -0.2) is 4.98 Å². The molecule has 1 aliphatic rings. The molecule has 1 heterocycles. The van der Waals surface area contributed by atoms with E-state index in [1.807, 2.05) is 49.3 Å². The molecule has 1 saturated carbocycles. The van der Waals surface area contributed by atoms with Gasteiger partial charge in [0.1, 0.15) is 5.82 Å². The van der Waals surface area contributed by atoms with Crippen molar-refractivity contribution in [2.24, 2.45) is 0 Å². The summed E-state index contributed by atoms with van der Waals surface area (Å²) in [6, 6.07) is 15.0. The molecule has 2 aromatic carbocycles. The third-order valence-electron chi connectivity index (χ3n) is 5.84. The summed E-state index contributed by atoms with van der Waals surface area (Å²) in [5, 5.41) is 12.1. The fourth-order valence-electron chi connectivity index (χ4n) is 4.14. The molecule has 0 radical (unpaired) electrons. The Morgan fingerprint density at radius 1 is 1.03 bits per heavy atom. The Labute approximate surface area is 203 Å². The minimum atomic E-state index is 0.361. The van der Waals surface area contributed by atoms with E-state index in [4.69, 9.17) is 22.2 Å². The van der Waals surface area contributed by atoms with Gasteiger partial charge in [-0.15, -0.1) is 0 Å². The second kappa shape index (κ2) is 10.0. The minimum absolute atomic E-state index is 0.361. The maximum absolute atomic E-state index is 5.55. The Kier molecular flexibility index (Phi) is 7.10. The summed E-state index contributed by atoms with van der Waals surface area (Å²) < 4.78 is 1.07. The van der Waals surface area contributed by atoms with Crippen LogP contribution in [0.2, 0.25) is 0 Å². The molecule has 0 atom stereocenters. The number of nitrogens with zero attached hydrogens (tertiary/aromatic N) is 3. The third-order valence-corrected chi connectivity index (χ3v) is 6.55. The standard InChI is InChI=1S/C24H29BrN6S/c1-15-14-16(25)8-13-20(15)29-24(32)27-18-11-9-17(10-12-18)26-23-28-21-7-5-4-6-19(21)22(30-23)31(2)3/h4-8,13-14,17-18H,9-12H2,1-3H3,(H,26,28,30)(H2,27,29,32)/t17-,18+. The Balaban J connectivity index is 1.32. The SMILES string of the molecule is Cc1cc(Br)ccc1NC(=S)N[C@H]1CC[C@@H](Nc2nc(N(C)C)c3ccccc3n2)CC1. The van der Waals surface area contributed by atoms with Crippen LogP contribution in [0.4, 0.5) is 17.5 Å². The summed E-state index contributed by atoms with van der Waals surface area (Å²) in [6.45, 7) is 2.07. The molecule has 32 heavy (non-hydrogen) atoms. The smallest absolute Gasteiger partial charge is 0.225 e. The first-order valence-corrected chi connectivity index (χ1v) is 12.1. The molecule has 8 heteroatoms. The van der Waals surface area contributed by atoms with Crippen molar-refractivity contribution in [1.82, 2.24) is 15.3 Å². The van der Waals surface area contributed by atoms with Crippen LogP contribution in [-0.2, 0) is 0 Å². The molecule has 3 aromatic rings. The van der Waals surface area contributed by atoms with Crippen LogP contribution in [0.3, 0.4) is 0 Å². The van der Waals surface area contributed by atoms with Crippen LogP contribution in [0, 0.1) is 6.92 Å². The summed E-state index contributed by atoms with van der Waals surface area (Å²) >= 11 is 9.05. The van der Waals surface area contributed by atoms with Gasteiger partial charge >= 0.3 is 0 Å². The minimum Gasteiger partial charge on any atom is -0.362 e. The molecular formula is C24H29BrN6S. The number of nitrogens with one attached hydrogen (secondary N) is 3. The fourth-order valence-corrected chi connectivity index (χ4v) is 4.89. The second-order valence-electron chi connectivity index (χ2n) is 8.53. The zero-order chi connectivity index (χ0) is 22.7. The van der Waals surface area contributed by atoms with Crippen LogP contribution >= 0.6 is 28.1 Å². The van der Waals surface area contributed by atoms with Gasteiger partial charge in [0.2, 0.25) is 5.95 Å². The molecule has 0 aliphatic heterocycles. The van der Waals surface area contributed by atoms with Gasteiger partial charge in [-0.2, -0.15) is 4.98 Å². The molecule has 3 N–H and O–H groups in total. The van der Waals surface area contributed by atoms with Crippen molar-refractivity contribution in [2.75, 3.05) is 29.6 Å². The first kappa shape index (κ1) is 22.7. The number of aryl methyl sites for hydroxylation is 1. The summed E-state index contributed by atoms with van der Waals surface area (Å²) in [7, 11) is 4.03.